The zero-order valence-electron chi connectivity index (χ0n) is 29.5. The highest BCUT2D eigenvalue weighted by molar-refractivity contribution is 7.88. The van der Waals surface area contributed by atoms with Crippen molar-refractivity contribution in [2.45, 2.75) is 129 Å². The lowest BCUT2D eigenvalue weighted by molar-refractivity contribution is -0.244. The van der Waals surface area contributed by atoms with Crippen LogP contribution in [0.5, 0.6) is 0 Å². The van der Waals surface area contributed by atoms with Gasteiger partial charge in [-0.05, 0) is 128 Å². The first-order chi connectivity index (χ1) is 22.7. The second-order valence-electron chi connectivity index (χ2n) is 18.3. The molecular formula is C37H58N2O8S. The molecule has 0 radical (unpaired) electrons. The van der Waals surface area contributed by atoms with Gasteiger partial charge in [-0.25, -0.2) is 8.42 Å². The fourth-order valence-electron chi connectivity index (χ4n) is 13.2. The van der Waals surface area contributed by atoms with Crippen molar-refractivity contribution >= 4 is 21.9 Å². The molecule has 270 valence electrons. The van der Waals surface area contributed by atoms with Crippen LogP contribution in [0.2, 0.25) is 0 Å². The molecular weight excluding hydrogens is 632 g/mol. The Bertz CT molecular complexity index is 1420. The minimum atomic E-state index is -3.63. The monoisotopic (exact) mass is 690 g/mol. The van der Waals surface area contributed by atoms with Crippen molar-refractivity contribution in [3.63, 3.8) is 0 Å². The van der Waals surface area contributed by atoms with Gasteiger partial charge in [0.2, 0.25) is 15.9 Å². The fourth-order valence-corrected chi connectivity index (χ4v) is 14.0. The van der Waals surface area contributed by atoms with Crippen LogP contribution in [0, 0.1) is 51.2 Å². The zero-order valence-corrected chi connectivity index (χ0v) is 30.3. The predicted molar refractivity (Wildman–Crippen MR) is 178 cm³/mol. The van der Waals surface area contributed by atoms with Crippen molar-refractivity contribution in [1.82, 2.24) is 9.21 Å². The van der Waals surface area contributed by atoms with E-state index in [9.17, 15) is 23.1 Å². The number of hydrogen-bond acceptors (Lipinski definition) is 7. The number of carbonyl (C=O) groups excluding carboxylic acids is 1. The summed E-state index contributed by atoms with van der Waals surface area (Å²) >= 11 is 0. The van der Waals surface area contributed by atoms with Crippen LogP contribution in [-0.2, 0) is 33.8 Å². The first-order valence-electron chi connectivity index (χ1n) is 19.0. The van der Waals surface area contributed by atoms with E-state index in [4.69, 9.17) is 14.2 Å². The van der Waals surface area contributed by atoms with E-state index in [0.717, 1.165) is 36.2 Å². The third kappa shape index (κ3) is 5.41. The van der Waals surface area contributed by atoms with Gasteiger partial charge in [0, 0.05) is 19.5 Å². The van der Waals surface area contributed by atoms with Crippen molar-refractivity contribution < 1.29 is 37.3 Å². The Hall–Kier alpha value is -1.27. The molecule has 0 aromatic rings. The van der Waals surface area contributed by atoms with Crippen molar-refractivity contribution in [1.29, 1.82) is 0 Å². The fraction of sp³-hybridized carbons (Fsp3) is 0.946. The second kappa shape index (κ2) is 11.6. The van der Waals surface area contributed by atoms with Gasteiger partial charge in [0.15, 0.2) is 6.29 Å². The third-order valence-corrected chi connectivity index (χ3v) is 16.9. The summed E-state index contributed by atoms with van der Waals surface area (Å²) in [4.78, 5) is 26.2. The normalized spacial score (nSPS) is 46.1. The average molecular weight is 691 g/mol. The van der Waals surface area contributed by atoms with Gasteiger partial charge >= 0.3 is 5.97 Å². The number of rotatable bonds is 9. The molecule has 0 aromatic heterocycles. The summed E-state index contributed by atoms with van der Waals surface area (Å²) in [5.41, 5.74) is 1.09. The minimum Gasteiger partial charge on any atom is -0.480 e. The molecule has 1 N–H and O–H groups in total. The summed E-state index contributed by atoms with van der Waals surface area (Å²) in [7, 11) is -3.63. The number of nitrogens with zero attached hydrogens (tertiary/aromatic N) is 2. The highest BCUT2D eigenvalue weighted by Gasteiger charge is 2.80. The SMILES string of the molecule is CC12CC[C@@]34CC35CC[C@H](OC3CN(C(=O)CC6CC6)CCO3)C(C)(C)C5CCC4C1CC1OC(CN(CC(=O)O)S(C)(=O)=O)CCC12. The van der Waals surface area contributed by atoms with Crippen LogP contribution in [0.25, 0.3) is 0 Å². The molecule has 8 rings (SSSR count). The summed E-state index contributed by atoms with van der Waals surface area (Å²) in [5, 5.41) is 9.32. The molecule has 8 fully saturated rings. The van der Waals surface area contributed by atoms with Gasteiger partial charge < -0.3 is 24.2 Å². The summed E-state index contributed by atoms with van der Waals surface area (Å²) in [5.74, 6) is 2.16. The number of carbonyl (C=O) groups is 2. The van der Waals surface area contributed by atoms with Crippen LogP contribution < -0.4 is 0 Å². The molecule has 2 heterocycles. The molecule has 11 heteroatoms. The molecule has 6 saturated carbocycles. The Morgan fingerprint density at radius 2 is 1.73 bits per heavy atom. The Balaban J connectivity index is 0.933. The maximum Gasteiger partial charge on any atom is 0.318 e. The molecule has 0 bridgehead atoms. The number of amides is 1. The van der Waals surface area contributed by atoms with Crippen LogP contribution in [0.1, 0.15) is 104 Å². The van der Waals surface area contributed by atoms with Gasteiger partial charge in [0.25, 0.3) is 0 Å². The molecule has 0 aromatic carbocycles. The Morgan fingerprint density at radius 3 is 2.46 bits per heavy atom. The van der Waals surface area contributed by atoms with E-state index < -0.39 is 22.5 Å². The quantitative estimate of drug-likeness (QED) is 0.362. The number of ether oxygens (including phenoxy) is 3. The standard InChI is InChI=1S/C37H58N2O8S/c1-34(2)29-10-9-25-27-18-28-26(8-7-24(46-28)19-39(20-32(41)42)48(4,43)44)35(27,3)13-14-36(25)22-37(29,36)12-11-30(34)47-33-21-38(15-16-45-33)31(40)17-23-5-6-23/h23-30,33H,5-22H2,1-4H3,(H,41,42)/t24?,25?,26?,27?,28?,29?,30-,33?,35?,36-,37?/m0/s1. The molecule has 6 aliphatic carbocycles. The van der Waals surface area contributed by atoms with Gasteiger partial charge in [-0.1, -0.05) is 20.8 Å². The van der Waals surface area contributed by atoms with Crippen LogP contribution in [0.3, 0.4) is 0 Å². The number of hydrogen-bond donors (Lipinski definition) is 1. The number of aliphatic carboxylic acids is 1. The highest BCUT2D eigenvalue weighted by Crippen LogP contribution is 2.87. The lowest BCUT2D eigenvalue weighted by Gasteiger charge is -2.60. The minimum absolute atomic E-state index is 0.0402. The van der Waals surface area contributed by atoms with E-state index in [-0.39, 0.29) is 47.9 Å². The molecule has 10 nitrogen and oxygen atoms in total. The number of carboxylic acids is 1. The molecule has 2 aliphatic heterocycles. The summed E-state index contributed by atoms with van der Waals surface area (Å²) < 4.78 is 45.4. The summed E-state index contributed by atoms with van der Waals surface area (Å²) in [6.07, 6.45) is 15.3. The maximum atomic E-state index is 12.9. The van der Waals surface area contributed by atoms with E-state index in [1.807, 2.05) is 4.90 Å². The number of sulfonamides is 1. The zero-order chi connectivity index (χ0) is 33.9. The Labute approximate surface area is 287 Å². The van der Waals surface area contributed by atoms with E-state index in [2.05, 4.69) is 20.8 Å². The molecule has 8 aliphatic rings. The lowest BCUT2D eigenvalue weighted by atomic mass is 9.46. The number of fused-ring (bicyclic) bond motifs is 4. The van der Waals surface area contributed by atoms with Gasteiger partial charge in [-0.3, -0.25) is 9.59 Å². The van der Waals surface area contributed by atoms with Crippen LogP contribution in [-0.4, -0.2) is 98.2 Å². The van der Waals surface area contributed by atoms with Gasteiger partial charge in [-0.2, -0.15) is 4.31 Å². The summed E-state index contributed by atoms with van der Waals surface area (Å²) in [6, 6.07) is 0. The van der Waals surface area contributed by atoms with Crippen LogP contribution >= 0.6 is 0 Å². The number of morpholine rings is 1. The van der Waals surface area contributed by atoms with E-state index in [1.165, 1.54) is 51.4 Å². The molecule has 1 amide bonds. The van der Waals surface area contributed by atoms with Crippen LogP contribution in [0.4, 0.5) is 0 Å². The third-order valence-electron chi connectivity index (χ3n) is 15.7. The molecule has 11 atom stereocenters. The molecule has 2 spiro atoms. The van der Waals surface area contributed by atoms with Crippen molar-refractivity contribution in [2.75, 3.05) is 39.0 Å². The Morgan fingerprint density at radius 1 is 0.958 bits per heavy atom. The molecule has 48 heavy (non-hydrogen) atoms. The predicted octanol–water partition coefficient (Wildman–Crippen LogP) is 4.91. The van der Waals surface area contributed by atoms with E-state index >= 15 is 0 Å². The van der Waals surface area contributed by atoms with E-state index in [1.54, 1.807) is 0 Å². The van der Waals surface area contributed by atoms with E-state index in [0.29, 0.717) is 66.5 Å². The molecule has 9 unspecified atom stereocenters. The van der Waals surface area contributed by atoms with Crippen molar-refractivity contribution in [2.24, 2.45) is 51.2 Å². The topological polar surface area (TPSA) is 123 Å². The summed E-state index contributed by atoms with van der Waals surface area (Å²) in [6.45, 7) is 8.81. The second-order valence-corrected chi connectivity index (χ2v) is 20.3. The largest absolute Gasteiger partial charge is 0.480 e. The highest BCUT2D eigenvalue weighted by atomic mass is 32.2. The van der Waals surface area contributed by atoms with Crippen molar-refractivity contribution in [3.05, 3.63) is 0 Å². The van der Waals surface area contributed by atoms with Gasteiger partial charge in [0.1, 0.15) is 6.54 Å². The molecule has 2 saturated heterocycles. The lowest BCUT2D eigenvalue weighted by Crippen LogP contribution is -2.56. The van der Waals surface area contributed by atoms with Gasteiger partial charge in [-0.15, -0.1) is 0 Å². The smallest absolute Gasteiger partial charge is 0.318 e. The van der Waals surface area contributed by atoms with Crippen molar-refractivity contribution in [3.8, 4) is 0 Å². The Kier molecular flexibility index (Phi) is 8.20. The van der Waals surface area contributed by atoms with Crippen LogP contribution in [0.15, 0.2) is 0 Å². The maximum absolute atomic E-state index is 12.9. The average Bonchev–Trinajstić information content (AvgIpc) is 3.93. The van der Waals surface area contributed by atoms with Gasteiger partial charge in [0.05, 0.1) is 37.7 Å². The first-order valence-corrected chi connectivity index (χ1v) is 20.9. The number of carboxylic acid groups (broad SMARTS) is 1. The first kappa shape index (κ1) is 33.9.